The molecule has 0 aromatic heterocycles. The average molecular weight is 897 g/mol. The Kier molecular flexibility index (Phi) is 50.8. The molecule has 372 valence electrons. The molecule has 1 atom stereocenters. The van der Waals surface area contributed by atoms with Gasteiger partial charge in [-0.1, -0.05) is 211 Å². The van der Waals surface area contributed by atoms with Gasteiger partial charge in [0.2, 0.25) is 0 Å². The second kappa shape index (κ2) is 53.0. The molecule has 0 radical (unpaired) electrons. The quantitative estimate of drug-likeness (QED) is 0.0262. The molecule has 6 heteroatoms. The van der Waals surface area contributed by atoms with Crippen LogP contribution in [0.2, 0.25) is 0 Å². The van der Waals surface area contributed by atoms with Gasteiger partial charge in [-0.2, -0.15) is 0 Å². The van der Waals surface area contributed by atoms with Gasteiger partial charge in [-0.25, -0.2) is 0 Å². The van der Waals surface area contributed by atoms with Crippen molar-refractivity contribution in [2.75, 3.05) is 13.2 Å². The lowest BCUT2D eigenvalue weighted by Gasteiger charge is -2.18. The fourth-order valence-corrected chi connectivity index (χ4v) is 7.81. The summed E-state index contributed by atoms with van der Waals surface area (Å²) in [4.78, 5) is 38.0. The Morgan fingerprint density at radius 2 is 0.562 bits per heavy atom. The zero-order valence-corrected chi connectivity index (χ0v) is 42.6. The fraction of sp³-hybridized carbons (Fsp3) is 0.810. The number of unbranched alkanes of at least 4 members (excludes halogenated alkanes) is 31. The van der Waals surface area contributed by atoms with Crippen molar-refractivity contribution in [1.29, 1.82) is 0 Å². The maximum Gasteiger partial charge on any atom is 0.306 e. The molecule has 0 heterocycles. The summed E-state index contributed by atoms with van der Waals surface area (Å²) in [6.07, 6.45) is 63.8. The number of rotatable bonds is 50. The van der Waals surface area contributed by atoms with E-state index >= 15 is 0 Å². The van der Waals surface area contributed by atoms with Crippen molar-refractivity contribution < 1.29 is 28.6 Å². The summed E-state index contributed by atoms with van der Waals surface area (Å²) in [6.45, 7) is 6.59. The van der Waals surface area contributed by atoms with Gasteiger partial charge in [-0.3, -0.25) is 14.4 Å². The van der Waals surface area contributed by atoms with Crippen molar-refractivity contribution >= 4 is 17.9 Å². The Hall–Kier alpha value is -2.63. The minimum atomic E-state index is -0.782. The first-order valence-electron chi connectivity index (χ1n) is 27.6. The molecule has 0 bridgehead atoms. The van der Waals surface area contributed by atoms with Gasteiger partial charge < -0.3 is 14.2 Å². The third-order valence-corrected chi connectivity index (χ3v) is 12.0. The number of esters is 3. The Bertz CT molecular complexity index is 1120. The van der Waals surface area contributed by atoms with E-state index in [-0.39, 0.29) is 31.1 Å². The van der Waals surface area contributed by atoms with Crippen LogP contribution < -0.4 is 0 Å². The van der Waals surface area contributed by atoms with E-state index < -0.39 is 6.10 Å². The smallest absolute Gasteiger partial charge is 0.306 e. The van der Waals surface area contributed by atoms with Crippen LogP contribution in [-0.2, 0) is 28.6 Å². The van der Waals surface area contributed by atoms with E-state index in [0.29, 0.717) is 19.3 Å². The molecule has 0 aliphatic heterocycles. The number of allylic oxidation sites excluding steroid dienone is 8. The largest absolute Gasteiger partial charge is 0.462 e. The molecule has 0 fully saturated rings. The van der Waals surface area contributed by atoms with Crippen molar-refractivity contribution in [3.05, 3.63) is 48.6 Å². The van der Waals surface area contributed by atoms with Crippen LogP contribution in [-0.4, -0.2) is 37.2 Å². The molecule has 64 heavy (non-hydrogen) atoms. The van der Waals surface area contributed by atoms with Crippen LogP contribution >= 0.6 is 0 Å². The molecule has 0 N–H and O–H groups in total. The molecular formula is C58H104O6. The number of carbonyl (C=O) groups excluding carboxylic acids is 3. The highest BCUT2D eigenvalue weighted by Crippen LogP contribution is 2.15. The Morgan fingerprint density at radius 1 is 0.312 bits per heavy atom. The van der Waals surface area contributed by atoms with Gasteiger partial charge in [0, 0.05) is 19.3 Å². The molecular weight excluding hydrogens is 793 g/mol. The number of ether oxygens (including phenoxy) is 3. The van der Waals surface area contributed by atoms with Crippen molar-refractivity contribution in [1.82, 2.24) is 0 Å². The van der Waals surface area contributed by atoms with Gasteiger partial charge in [0.25, 0.3) is 0 Å². The van der Waals surface area contributed by atoms with E-state index in [4.69, 9.17) is 14.2 Å². The standard InChI is InChI=1S/C58H104O6/c1-4-7-10-13-16-19-22-25-27-29-30-32-33-36-39-42-45-48-51-57(60)63-54-55(53-62-56(59)50-47-44-41-38-35-24-21-18-15-12-9-6-3)64-58(61)52-49-46-43-40-37-34-31-28-26-23-20-17-14-11-8-5-2/h18-19,21-22,27-29,31,55H,4-17,20,23-26,30,32-54H2,1-3H3/b21-18-,22-19-,29-27-,31-28-. The lowest BCUT2D eigenvalue weighted by molar-refractivity contribution is -0.167. The first kappa shape index (κ1) is 61.4. The first-order chi connectivity index (χ1) is 31.5. The summed E-state index contributed by atoms with van der Waals surface area (Å²) >= 11 is 0. The van der Waals surface area contributed by atoms with Crippen LogP contribution in [0.15, 0.2) is 48.6 Å². The molecule has 0 saturated carbocycles. The van der Waals surface area contributed by atoms with Gasteiger partial charge in [0.1, 0.15) is 13.2 Å². The molecule has 0 spiro atoms. The molecule has 1 unspecified atom stereocenters. The SMILES string of the molecule is CCCCC/C=C\CCCCCCCC(=O)OCC(COC(=O)CCCCCCCCC/C=C\C/C=C\CCCCCC)OC(=O)CCCCCCC/C=C\CCCCCCCCC. The molecule has 0 aromatic rings. The van der Waals surface area contributed by atoms with E-state index in [1.165, 1.54) is 154 Å². The molecule has 0 rings (SSSR count). The van der Waals surface area contributed by atoms with Crippen LogP contribution in [0.4, 0.5) is 0 Å². The number of carbonyl (C=O) groups is 3. The zero-order valence-electron chi connectivity index (χ0n) is 42.6. The monoisotopic (exact) mass is 897 g/mol. The minimum absolute atomic E-state index is 0.0822. The zero-order chi connectivity index (χ0) is 46.5. The maximum absolute atomic E-state index is 12.8. The van der Waals surface area contributed by atoms with E-state index in [2.05, 4.69) is 69.4 Å². The molecule has 0 aromatic carbocycles. The highest BCUT2D eigenvalue weighted by molar-refractivity contribution is 5.71. The van der Waals surface area contributed by atoms with Crippen LogP contribution in [0, 0.1) is 0 Å². The third kappa shape index (κ3) is 50.4. The summed E-state index contributed by atoms with van der Waals surface area (Å²) in [5.41, 5.74) is 0. The van der Waals surface area contributed by atoms with Crippen LogP contribution in [0.25, 0.3) is 0 Å². The Morgan fingerprint density at radius 3 is 0.922 bits per heavy atom. The average Bonchev–Trinajstić information content (AvgIpc) is 3.29. The van der Waals surface area contributed by atoms with E-state index in [1.54, 1.807) is 0 Å². The van der Waals surface area contributed by atoms with E-state index in [0.717, 1.165) is 89.9 Å². The predicted molar refractivity (Wildman–Crippen MR) is 275 cm³/mol. The third-order valence-electron chi connectivity index (χ3n) is 12.0. The Labute approximate surface area is 397 Å². The van der Waals surface area contributed by atoms with Crippen LogP contribution in [0.3, 0.4) is 0 Å². The number of hydrogen-bond donors (Lipinski definition) is 0. The van der Waals surface area contributed by atoms with Crippen molar-refractivity contribution in [2.45, 2.75) is 290 Å². The minimum Gasteiger partial charge on any atom is -0.462 e. The predicted octanol–water partition coefficient (Wildman–Crippen LogP) is 18.3. The van der Waals surface area contributed by atoms with Gasteiger partial charge in [-0.05, 0) is 103 Å². The second-order valence-corrected chi connectivity index (χ2v) is 18.5. The summed E-state index contributed by atoms with van der Waals surface area (Å²) in [5.74, 6) is -0.897. The van der Waals surface area contributed by atoms with E-state index in [1.807, 2.05) is 0 Å². The molecule has 0 saturated heterocycles. The summed E-state index contributed by atoms with van der Waals surface area (Å²) in [7, 11) is 0. The second-order valence-electron chi connectivity index (χ2n) is 18.5. The van der Waals surface area contributed by atoms with E-state index in [9.17, 15) is 14.4 Å². The summed E-state index contributed by atoms with van der Waals surface area (Å²) in [6, 6.07) is 0. The fourth-order valence-electron chi connectivity index (χ4n) is 7.81. The molecule has 0 aliphatic carbocycles. The molecule has 0 amide bonds. The molecule has 6 nitrogen and oxygen atoms in total. The van der Waals surface area contributed by atoms with Gasteiger partial charge in [0.05, 0.1) is 0 Å². The normalized spacial score (nSPS) is 12.4. The van der Waals surface area contributed by atoms with Crippen LogP contribution in [0.5, 0.6) is 0 Å². The summed E-state index contributed by atoms with van der Waals surface area (Å²) in [5, 5.41) is 0. The van der Waals surface area contributed by atoms with Gasteiger partial charge in [-0.15, -0.1) is 0 Å². The van der Waals surface area contributed by atoms with Gasteiger partial charge >= 0.3 is 17.9 Å². The topological polar surface area (TPSA) is 78.9 Å². The van der Waals surface area contributed by atoms with Crippen molar-refractivity contribution in [3.63, 3.8) is 0 Å². The Balaban J connectivity index is 4.38. The van der Waals surface area contributed by atoms with Crippen molar-refractivity contribution in [2.24, 2.45) is 0 Å². The lowest BCUT2D eigenvalue weighted by Crippen LogP contribution is -2.30. The highest BCUT2D eigenvalue weighted by atomic mass is 16.6. The highest BCUT2D eigenvalue weighted by Gasteiger charge is 2.19. The first-order valence-corrected chi connectivity index (χ1v) is 27.6. The van der Waals surface area contributed by atoms with Gasteiger partial charge in [0.15, 0.2) is 6.10 Å². The van der Waals surface area contributed by atoms with Crippen molar-refractivity contribution in [3.8, 4) is 0 Å². The maximum atomic E-state index is 12.8. The molecule has 0 aliphatic rings. The number of hydrogen-bond acceptors (Lipinski definition) is 6. The lowest BCUT2D eigenvalue weighted by atomic mass is 10.1. The summed E-state index contributed by atoms with van der Waals surface area (Å²) < 4.78 is 16.8. The van der Waals surface area contributed by atoms with Crippen LogP contribution in [0.1, 0.15) is 284 Å².